The van der Waals surface area contributed by atoms with E-state index in [-0.39, 0.29) is 17.9 Å². The highest BCUT2D eigenvalue weighted by molar-refractivity contribution is 5.96. The topological polar surface area (TPSA) is 75.4 Å². The van der Waals surface area contributed by atoms with E-state index in [0.717, 1.165) is 18.4 Å². The summed E-state index contributed by atoms with van der Waals surface area (Å²) in [6, 6.07) is 5.34. The lowest BCUT2D eigenvalue weighted by atomic mass is 9.88. The van der Waals surface area contributed by atoms with Crippen molar-refractivity contribution in [3.8, 4) is 0 Å². The van der Waals surface area contributed by atoms with Gasteiger partial charge in [0.2, 0.25) is 0 Å². The maximum atomic E-state index is 12.1. The van der Waals surface area contributed by atoms with Gasteiger partial charge in [-0.05, 0) is 42.9 Å². The molecule has 1 aromatic carbocycles. The number of rotatable bonds is 6. The molecule has 4 N–H and O–H groups in total. The number of aliphatic hydroxyl groups excluding tert-OH is 1. The van der Waals surface area contributed by atoms with Crippen LogP contribution in [0.5, 0.6) is 0 Å². The zero-order valence-electron chi connectivity index (χ0n) is 12.0. The molecule has 1 amide bonds. The molecule has 0 unspecified atom stereocenters. The molecule has 0 aliphatic carbocycles. The predicted octanol–water partition coefficient (Wildman–Crippen LogP) is 2.11. The first-order chi connectivity index (χ1) is 8.85. The summed E-state index contributed by atoms with van der Waals surface area (Å²) in [7, 11) is 0. The number of nitrogens with one attached hydrogen (secondary N) is 1. The van der Waals surface area contributed by atoms with Gasteiger partial charge in [-0.2, -0.15) is 0 Å². The number of aryl methyl sites for hydroxylation is 1. The molecule has 0 aliphatic rings. The molecule has 0 saturated carbocycles. The van der Waals surface area contributed by atoms with Crippen molar-refractivity contribution in [1.29, 1.82) is 0 Å². The van der Waals surface area contributed by atoms with Gasteiger partial charge in [0.05, 0.1) is 0 Å². The molecule has 0 bridgehead atoms. The minimum atomic E-state index is -0.0955. The fourth-order valence-corrected chi connectivity index (χ4v) is 1.95. The highest BCUT2D eigenvalue weighted by Gasteiger charge is 2.19. The van der Waals surface area contributed by atoms with Crippen molar-refractivity contribution in [2.75, 3.05) is 18.9 Å². The number of carbonyl (C=O) groups is 1. The van der Waals surface area contributed by atoms with E-state index < -0.39 is 0 Å². The van der Waals surface area contributed by atoms with E-state index >= 15 is 0 Å². The number of nitrogen functional groups attached to an aromatic ring is 1. The summed E-state index contributed by atoms with van der Waals surface area (Å²) in [6.45, 7) is 6.82. The minimum absolute atomic E-state index is 0.0212. The van der Waals surface area contributed by atoms with Crippen LogP contribution in [-0.4, -0.2) is 24.2 Å². The van der Waals surface area contributed by atoms with E-state index in [1.165, 1.54) is 0 Å². The first kappa shape index (κ1) is 15.5. The number of hydrogen-bond acceptors (Lipinski definition) is 3. The average molecular weight is 264 g/mol. The summed E-state index contributed by atoms with van der Waals surface area (Å²) in [6.07, 6.45) is 1.62. The van der Waals surface area contributed by atoms with Crippen LogP contribution in [-0.2, 0) is 0 Å². The Balaban J connectivity index is 2.62. The molecule has 1 rings (SSSR count). The second-order valence-electron chi connectivity index (χ2n) is 5.75. The number of aliphatic hydroxyl groups is 1. The molecule has 0 saturated heterocycles. The summed E-state index contributed by atoms with van der Waals surface area (Å²) in [5, 5.41) is 11.8. The predicted molar refractivity (Wildman–Crippen MR) is 78.0 cm³/mol. The quantitative estimate of drug-likeness (QED) is 0.689. The molecule has 0 aliphatic heterocycles. The van der Waals surface area contributed by atoms with Gasteiger partial charge in [-0.25, -0.2) is 0 Å². The van der Waals surface area contributed by atoms with Crippen molar-refractivity contribution in [1.82, 2.24) is 5.32 Å². The lowest BCUT2D eigenvalue weighted by Crippen LogP contribution is -2.34. The number of anilines is 1. The second kappa shape index (κ2) is 6.57. The summed E-state index contributed by atoms with van der Waals surface area (Å²) in [5.74, 6) is -0.0955. The third kappa shape index (κ3) is 4.91. The fraction of sp³-hybridized carbons (Fsp3) is 0.533. The van der Waals surface area contributed by atoms with E-state index in [4.69, 9.17) is 10.8 Å². The van der Waals surface area contributed by atoms with Crippen LogP contribution in [0.1, 0.15) is 42.6 Å². The molecule has 0 atom stereocenters. The molecule has 0 radical (unpaired) electrons. The molecule has 0 spiro atoms. The Labute approximate surface area is 115 Å². The molecular weight excluding hydrogens is 240 g/mol. The van der Waals surface area contributed by atoms with Crippen molar-refractivity contribution in [3.63, 3.8) is 0 Å². The van der Waals surface area contributed by atoms with Crippen molar-refractivity contribution >= 4 is 11.6 Å². The Hall–Kier alpha value is -1.55. The van der Waals surface area contributed by atoms with Gasteiger partial charge in [0.15, 0.2) is 0 Å². The number of hydrogen-bond donors (Lipinski definition) is 3. The lowest BCUT2D eigenvalue weighted by Gasteiger charge is -2.24. The van der Waals surface area contributed by atoms with E-state index in [9.17, 15) is 4.79 Å². The van der Waals surface area contributed by atoms with Gasteiger partial charge in [0.25, 0.3) is 5.91 Å². The first-order valence-corrected chi connectivity index (χ1v) is 6.61. The second-order valence-corrected chi connectivity index (χ2v) is 5.75. The minimum Gasteiger partial charge on any atom is -0.399 e. The molecule has 0 fully saturated rings. The fourth-order valence-electron chi connectivity index (χ4n) is 1.95. The Morgan fingerprint density at radius 1 is 1.42 bits per heavy atom. The monoisotopic (exact) mass is 264 g/mol. The Morgan fingerprint density at radius 2 is 2.11 bits per heavy atom. The molecule has 4 nitrogen and oxygen atoms in total. The van der Waals surface area contributed by atoms with Crippen molar-refractivity contribution in [2.45, 2.75) is 33.6 Å². The molecular formula is C15H24N2O2. The maximum Gasteiger partial charge on any atom is 0.251 e. The molecule has 0 aromatic heterocycles. The Kier molecular flexibility index (Phi) is 5.36. The van der Waals surface area contributed by atoms with Gasteiger partial charge in [-0.15, -0.1) is 0 Å². The average Bonchev–Trinajstić information content (AvgIpc) is 2.36. The number of amides is 1. The third-order valence-electron chi connectivity index (χ3n) is 3.25. The van der Waals surface area contributed by atoms with Crippen LogP contribution in [0.2, 0.25) is 0 Å². The van der Waals surface area contributed by atoms with Crippen LogP contribution in [0, 0.1) is 12.3 Å². The Morgan fingerprint density at radius 3 is 2.74 bits per heavy atom. The highest BCUT2D eigenvalue weighted by Crippen LogP contribution is 2.21. The smallest absolute Gasteiger partial charge is 0.251 e. The van der Waals surface area contributed by atoms with Crippen LogP contribution in [0.25, 0.3) is 0 Å². The van der Waals surface area contributed by atoms with Crippen LogP contribution in [0.4, 0.5) is 5.69 Å². The van der Waals surface area contributed by atoms with E-state index in [1.54, 1.807) is 12.1 Å². The third-order valence-corrected chi connectivity index (χ3v) is 3.25. The standard InChI is InChI=1S/C15H24N2O2/c1-11-5-6-12(16)9-13(11)14(19)17-10-15(2,3)7-4-8-18/h5-6,9,18H,4,7-8,10,16H2,1-3H3,(H,17,19). The van der Waals surface area contributed by atoms with Crippen LogP contribution < -0.4 is 11.1 Å². The largest absolute Gasteiger partial charge is 0.399 e. The zero-order valence-corrected chi connectivity index (χ0v) is 12.0. The van der Waals surface area contributed by atoms with Crippen LogP contribution in [0.3, 0.4) is 0 Å². The molecule has 1 aromatic rings. The summed E-state index contributed by atoms with van der Waals surface area (Å²) in [4.78, 5) is 12.1. The van der Waals surface area contributed by atoms with Gasteiger partial charge < -0.3 is 16.2 Å². The number of benzene rings is 1. The van der Waals surface area contributed by atoms with Crippen molar-refractivity contribution < 1.29 is 9.90 Å². The van der Waals surface area contributed by atoms with Gasteiger partial charge in [-0.3, -0.25) is 4.79 Å². The SMILES string of the molecule is Cc1ccc(N)cc1C(=O)NCC(C)(C)CCCO. The first-order valence-electron chi connectivity index (χ1n) is 6.61. The van der Waals surface area contributed by atoms with E-state index in [0.29, 0.717) is 17.8 Å². The van der Waals surface area contributed by atoms with Crippen LogP contribution in [0.15, 0.2) is 18.2 Å². The number of carbonyl (C=O) groups excluding carboxylic acids is 1. The normalized spacial score (nSPS) is 11.4. The van der Waals surface area contributed by atoms with Gasteiger partial charge in [0, 0.05) is 24.4 Å². The molecule has 19 heavy (non-hydrogen) atoms. The maximum absolute atomic E-state index is 12.1. The molecule has 0 heterocycles. The van der Waals surface area contributed by atoms with Crippen LogP contribution >= 0.6 is 0 Å². The molecule has 106 valence electrons. The summed E-state index contributed by atoms with van der Waals surface area (Å²) < 4.78 is 0. The van der Waals surface area contributed by atoms with Crippen molar-refractivity contribution in [2.24, 2.45) is 5.41 Å². The molecule has 4 heteroatoms. The summed E-state index contributed by atoms with van der Waals surface area (Å²) in [5.41, 5.74) is 7.82. The van der Waals surface area contributed by atoms with E-state index in [1.807, 2.05) is 13.0 Å². The van der Waals surface area contributed by atoms with Gasteiger partial charge in [0.1, 0.15) is 0 Å². The summed E-state index contributed by atoms with van der Waals surface area (Å²) >= 11 is 0. The van der Waals surface area contributed by atoms with Crippen molar-refractivity contribution in [3.05, 3.63) is 29.3 Å². The zero-order chi connectivity index (χ0) is 14.5. The van der Waals surface area contributed by atoms with Gasteiger partial charge in [-0.1, -0.05) is 19.9 Å². The highest BCUT2D eigenvalue weighted by atomic mass is 16.2. The van der Waals surface area contributed by atoms with E-state index in [2.05, 4.69) is 19.2 Å². The number of nitrogens with two attached hydrogens (primary N) is 1. The Bertz CT molecular complexity index is 442. The lowest BCUT2D eigenvalue weighted by molar-refractivity contribution is 0.0932. The van der Waals surface area contributed by atoms with Gasteiger partial charge >= 0.3 is 0 Å².